The second kappa shape index (κ2) is 6.42. The number of hydrogen-bond acceptors (Lipinski definition) is 5. The summed E-state index contributed by atoms with van der Waals surface area (Å²) in [4.78, 5) is 11.7. The van der Waals surface area contributed by atoms with Crippen LogP contribution in [0, 0.1) is 0 Å². The van der Waals surface area contributed by atoms with E-state index in [2.05, 4.69) is 10.5 Å². The molecule has 0 spiro atoms. The number of aromatic hydroxyl groups is 2. The molecule has 0 saturated heterocycles. The van der Waals surface area contributed by atoms with E-state index in [1.54, 1.807) is 24.3 Å². The van der Waals surface area contributed by atoms with Crippen LogP contribution in [0.2, 0.25) is 0 Å². The van der Waals surface area contributed by atoms with Crippen LogP contribution in [-0.4, -0.2) is 29.4 Å². The Bertz CT molecular complexity index is 683. The van der Waals surface area contributed by atoms with Gasteiger partial charge in [0, 0.05) is 5.56 Å². The highest BCUT2D eigenvalue weighted by molar-refractivity contribution is 5.95. The molecule has 2 aromatic rings. The summed E-state index contributed by atoms with van der Waals surface area (Å²) >= 11 is 0. The highest BCUT2D eigenvalue weighted by Gasteiger charge is 2.04. The molecule has 21 heavy (non-hydrogen) atoms. The number of nitrogens with zero attached hydrogens (tertiary/aromatic N) is 1. The van der Waals surface area contributed by atoms with Crippen LogP contribution in [0.15, 0.2) is 47.6 Å². The van der Waals surface area contributed by atoms with Crippen molar-refractivity contribution in [3.63, 3.8) is 0 Å². The van der Waals surface area contributed by atoms with Gasteiger partial charge in [-0.15, -0.1) is 0 Å². The van der Waals surface area contributed by atoms with Gasteiger partial charge in [-0.05, 0) is 42.0 Å². The standard InChI is InChI=1S/C15H14N2O4/c1-21-14-6-5-10(7-13(14)19)9-16-17-15(20)11-3-2-4-12(18)8-11/h2-9,18-19H,1H3,(H,17,20)/b16-9-. The molecule has 0 aliphatic heterocycles. The van der Waals surface area contributed by atoms with Gasteiger partial charge in [-0.1, -0.05) is 6.07 Å². The normalized spacial score (nSPS) is 10.5. The first-order chi connectivity index (χ1) is 10.1. The predicted molar refractivity (Wildman–Crippen MR) is 77.8 cm³/mol. The molecular weight excluding hydrogens is 272 g/mol. The lowest BCUT2D eigenvalue weighted by molar-refractivity contribution is 0.0954. The Morgan fingerprint density at radius 1 is 1.24 bits per heavy atom. The summed E-state index contributed by atoms with van der Waals surface area (Å²) in [6.45, 7) is 0. The number of carbonyl (C=O) groups is 1. The average molecular weight is 286 g/mol. The van der Waals surface area contributed by atoms with E-state index in [9.17, 15) is 15.0 Å². The monoisotopic (exact) mass is 286 g/mol. The highest BCUT2D eigenvalue weighted by atomic mass is 16.5. The fraction of sp³-hybridized carbons (Fsp3) is 0.0667. The first-order valence-electron chi connectivity index (χ1n) is 6.09. The number of hydrogen-bond donors (Lipinski definition) is 3. The summed E-state index contributed by atoms with van der Waals surface area (Å²) in [5.41, 5.74) is 3.23. The van der Waals surface area contributed by atoms with E-state index in [0.717, 1.165) is 0 Å². The first kappa shape index (κ1) is 14.4. The maximum atomic E-state index is 11.7. The number of phenols is 2. The van der Waals surface area contributed by atoms with Gasteiger partial charge in [-0.2, -0.15) is 5.10 Å². The Morgan fingerprint density at radius 3 is 2.71 bits per heavy atom. The zero-order valence-electron chi connectivity index (χ0n) is 11.3. The zero-order chi connectivity index (χ0) is 15.2. The van der Waals surface area contributed by atoms with E-state index >= 15 is 0 Å². The lowest BCUT2D eigenvalue weighted by Crippen LogP contribution is -2.17. The van der Waals surface area contributed by atoms with Crippen molar-refractivity contribution in [2.24, 2.45) is 5.10 Å². The number of carbonyl (C=O) groups excluding carboxylic acids is 1. The summed E-state index contributed by atoms with van der Waals surface area (Å²) < 4.78 is 4.92. The third-order valence-electron chi connectivity index (χ3n) is 2.69. The molecule has 2 aromatic carbocycles. The van der Waals surface area contributed by atoms with E-state index in [1.807, 2.05) is 0 Å². The molecular formula is C15H14N2O4. The van der Waals surface area contributed by atoms with Crippen molar-refractivity contribution < 1.29 is 19.7 Å². The quantitative estimate of drug-likeness (QED) is 0.591. The number of ether oxygens (including phenoxy) is 1. The van der Waals surface area contributed by atoms with Crippen LogP contribution in [0.3, 0.4) is 0 Å². The van der Waals surface area contributed by atoms with E-state index in [0.29, 0.717) is 16.9 Å². The van der Waals surface area contributed by atoms with Crippen LogP contribution in [0.4, 0.5) is 0 Å². The maximum absolute atomic E-state index is 11.7. The van der Waals surface area contributed by atoms with Gasteiger partial charge < -0.3 is 14.9 Å². The third kappa shape index (κ3) is 3.73. The Hall–Kier alpha value is -3.02. The molecule has 0 heterocycles. The molecule has 108 valence electrons. The van der Waals surface area contributed by atoms with Gasteiger partial charge in [0.15, 0.2) is 11.5 Å². The van der Waals surface area contributed by atoms with Gasteiger partial charge in [0.05, 0.1) is 13.3 Å². The number of nitrogens with one attached hydrogen (secondary N) is 1. The minimum absolute atomic E-state index is 0.00621. The van der Waals surface area contributed by atoms with Crippen molar-refractivity contribution in [3.05, 3.63) is 53.6 Å². The van der Waals surface area contributed by atoms with Crippen LogP contribution in [0.5, 0.6) is 17.2 Å². The zero-order valence-corrected chi connectivity index (χ0v) is 11.3. The fourth-order valence-corrected chi connectivity index (χ4v) is 1.66. The first-order valence-corrected chi connectivity index (χ1v) is 6.09. The van der Waals surface area contributed by atoms with Crippen LogP contribution >= 0.6 is 0 Å². The van der Waals surface area contributed by atoms with Crippen LogP contribution in [0.1, 0.15) is 15.9 Å². The van der Waals surface area contributed by atoms with Crippen LogP contribution < -0.4 is 10.2 Å². The summed E-state index contributed by atoms with van der Waals surface area (Å²) in [5.74, 6) is -0.0942. The van der Waals surface area contributed by atoms with Crippen molar-refractivity contribution >= 4 is 12.1 Å². The van der Waals surface area contributed by atoms with Gasteiger partial charge in [0.25, 0.3) is 5.91 Å². The molecule has 0 aromatic heterocycles. The number of phenolic OH excluding ortho intramolecular Hbond substituents is 2. The molecule has 0 fully saturated rings. The molecule has 0 aliphatic carbocycles. The van der Waals surface area contributed by atoms with Crippen molar-refractivity contribution in [1.82, 2.24) is 5.43 Å². The van der Waals surface area contributed by atoms with Crippen molar-refractivity contribution in [3.8, 4) is 17.2 Å². The molecule has 1 amide bonds. The topological polar surface area (TPSA) is 91.2 Å². The summed E-state index contributed by atoms with van der Waals surface area (Å²) in [6, 6.07) is 10.7. The van der Waals surface area contributed by atoms with Gasteiger partial charge in [-0.25, -0.2) is 5.43 Å². The van der Waals surface area contributed by atoms with Crippen molar-refractivity contribution in [2.45, 2.75) is 0 Å². The summed E-state index contributed by atoms with van der Waals surface area (Å²) in [7, 11) is 1.46. The fourth-order valence-electron chi connectivity index (χ4n) is 1.66. The van der Waals surface area contributed by atoms with Crippen LogP contribution in [0.25, 0.3) is 0 Å². The van der Waals surface area contributed by atoms with Gasteiger partial charge in [0.1, 0.15) is 5.75 Å². The number of amides is 1. The lowest BCUT2D eigenvalue weighted by Gasteiger charge is -2.03. The number of rotatable bonds is 4. The Balaban J connectivity index is 2.02. The minimum Gasteiger partial charge on any atom is -0.508 e. The molecule has 3 N–H and O–H groups in total. The Kier molecular flexibility index (Phi) is 4.40. The molecule has 0 atom stereocenters. The molecule has 0 aliphatic rings. The molecule has 6 heteroatoms. The van der Waals surface area contributed by atoms with Crippen molar-refractivity contribution in [1.29, 1.82) is 0 Å². The number of methoxy groups -OCH3 is 1. The average Bonchev–Trinajstić information content (AvgIpc) is 2.47. The van der Waals surface area contributed by atoms with E-state index in [1.165, 1.54) is 31.5 Å². The predicted octanol–water partition coefficient (Wildman–Crippen LogP) is 1.87. The molecule has 0 radical (unpaired) electrons. The molecule has 6 nitrogen and oxygen atoms in total. The summed E-state index contributed by atoms with van der Waals surface area (Å²) in [5, 5.41) is 22.7. The highest BCUT2D eigenvalue weighted by Crippen LogP contribution is 2.25. The van der Waals surface area contributed by atoms with Gasteiger partial charge in [-0.3, -0.25) is 4.79 Å². The van der Waals surface area contributed by atoms with E-state index < -0.39 is 5.91 Å². The lowest BCUT2D eigenvalue weighted by atomic mass is 10.2. The molecule has 0 bridgehead atoms. The summed E-state index contributed by atoms with van der Waals surface area (Å²) in [6.07, 6.45) is 1.39. The van der Waals surface area contributed by atoms with Gasteiger partial charge >= 0.3 is 0 Å². The van der Waals surface area contributed by atoms with Gasteiger partial charge in [0.2, 0.25) is 0 Å². The van der Waals surface area contributed by atoms with E-state index in [-0.39, 0.29) is 11.5 Å². The Labute approximate surface area is 121 Å². The van der Waals surface area contributed by atoms with Crippen molar-refractivity contribution in [2.75, 3.05) is 7.11 Å². The number of benzene rings is 2. The molecule has 0 saturated carbocycles. The minimum atomic E-state index is -0.445. The largest absolute Gasteiger partial charge is 0.508 e. The Morgan fingerprint density at radius 2 is 2.05 bits per heavy atom. The second-order valence-electron chi connectivity index (χ2n) is 4.18. The van der Waals surface area contributed by atoms with Crippen LogP contribution in [-0.2, 0) is 0 Å². The maximum Gasteiger partial charge on any atom is 0.271 e. The smallest absolute Gasteiger partial charge is 0.271 e. The molecule has 0 unspecified atom stereocenters. The van der Waals surface area contributed by atoms with E-state index in [4.69, 9.17) is 4.74 Å². The second-order valence-corrected chi connectivity index (χ2v) is 4.18. The third-order valence-corrected chi connectivity index (χ3v) is 2.69. The molecule has 2 rings (SSSR count). The number of hydrazone groups is 1. The SMILES string of the molecule is COc1ccc(/C=N\NC(=O)c2cccc(O)c2)cc1O.